The van der Waals surface area contributed by atoms with Gasteiger partial charge < -0.3 is 24.8 Å². The molecule has 3 heterocycles. The summed E-state index contributed by atoms with van der Waals surface area (Å²) in [4.78, 5) is 19.0. The smallest absolute Gasteiger partial charge is 0.319 e. The molecule has 9 nitrogen and oxygen atoms in total. The van der Waals surface area contributed by atoms with E-state index in [0.29, 0.717) is 25.4 Å². The standard InChI is InChI=1S/C20H23N7O2/c1-26-14-23-25-19(26)15-4-6-17(7-5-15)24-20(28)22-13-16-3-2-8-21-18(16)27-9-11-29-12-10-27/h2-8,14H,9-13H2,1H3,(H2,22,24,28). The summed E-state index contributed by atoms with van der Waals surface area (Å²) in [5.41, 5.74) is 2.61. The molecule has 150 valence electrons. The number of aromatic nitrogens is 4. The molecule has 1 aliphatic heterocycles. The topological polar surface area (TPSA) is 97.2 Å². The summed E-state index contributed by atoms with van der Waals surface area (Å²) in [5.74, 6) is 1.66. The number of amides is 2. The highest BCUT2D eigenvalue weighted by molar-refractivity contribution is 5.89. The van der Waals surface area contributed by atoms with E-state index in [9.17, 15) is 4.79 Å². The fourth-order valence-corrected chi connectivity index (χ4v) is 3.23. The molecule has 2 amide bonds. The van der Waals surface area contributed by atoms with Crippen LogP contribution in [0.2, 0.25) is 0 Å². The zero-order chi connectivity index (χ0) is 20.1. The third kappa shape index (κ3) is 4.52. The molecule has 2 aromatic heterocycles. The van der Waals surface area contributed by atoms with Gasteiger partial charge in [0.05, 0.1) is 13.2 Å². The highest BCUT2D eigenvalue weighted by Crippen LogP contribution is 2.20. The number of morpholine rings is 1. The molecule has 0 unspecified atom stereocenters. The second-order valence-electron chi connectivity index (χ2n) is 6.74. The minimum absolute atomic E-state index is 0.270. The lowest BCUT2D eigenvalue weighted by atomic mass is 10.2. The average molecular weight is 393 g/mol. The van der Waals surface area contributed by atoms with Gasteiger partial charge in [-0.25, -0.2) is 9.78 Å². The predicted molar refractivity (Wildman–Crippen MR) is 110 cm³/mol. The van der Waals surface area contributed by atoms with E-state index in [2.05, 4.69) is 30.7 Å². The predicted octanol–water partition coefficient (Wildman–Crippen LogP) is 2.04. The van der Waals surface area contributed by atoms with E-state index in [1.165, 1.54) is 0 Å². The third-order valence-corrected chi connectivity index (χ3v) is 4.73. The van der Waals surface area contributed by atoms with Crippen molar-refractivity contribution in [2.24, 2.45) is 7.05 Å². The minimum Gasteiger partial charge on any atom is -0.378 e. The number of hydrogen-bond acceptors (Lipinski definition) is 6. The Balaban J connectivity index is 1.35. The number of nitrogens with one attached hydrogen (secondary N) is 2. The van der Waals surface area contributed by atoms with Gasteiger partial charge in [0.2, 0.25) is 0 Å². The quantitative estimate of drug-likeness (QED) is 0.689. The third-order valence-electron chi connectivity index (χ3n) is 4.73. The lowest BCUT2D eigenvalue weighted by Crippen LogP contribution is -2.38. The molecule has 1 aliphatic rings. The molecule has 0 atom stereocenters. The second-order valence-corrected chi connectivity index (χ2v) is 6.74. The Hall–Kier alpha value is -3.46. The molecular weight excluding hydrogens is 370 g/mol. The Labute approximate surface area is 168 Å². The van der Waals surface area contributed by atoms with E-state index < -0.39 is 0 Å². The van der Waals surface area contributed by atoms with Crippen LogP contribution < -0.4 is 15.5 Å². The molecule has 9 heteroatoms. The van der Waals surface area contributed by atoms with Crippen LogP contribution in [0, 0.1) is 0 Å². The molecular formula is C20H23N7O2. The maximum atomic E-state index is 12.3. The molecule has 0 saturated carbocycles. The molecule has 0 spiro atoms. The molecule has 0 radical (unpaired) electrons. The van der Waals surface area contributed by atoms with Crippen LogP contribution in [0.5, 0.6) is 0 Å². The molecule has 3 aromatic rings. The molecule has 2 N–H and O–H groups in total. The molecule has 4 rings (SSSR count). The molecule has 1 saturated heterocycles. The SMILES string of the molecule is Cn1cnnc1-c1ccc(NC(=O)NCc2cccnc2N2CCOCC2)cc1. The lowest BCUT2D eigenvalue weighted by molar-refractivity contribution is 0.122. The van der Waals surface area contributed by atoms with Gasteiger partial charge in [-0.3, -0.25) is 0 Å². The first-order valence-corrected chi connectivity index (χ1v) is 9.46. The van der Waals surface area contributed by atoms with Gasteiger partial charge in [-0.15, -0.1) is 10.2 Å². The first-order chi connectivity index (χ1) is 14.2. The van der Waals surface area contributed by atoms with Gasteiger partial charge in [-0.1, -0.05) is 6.07 Å². The van der Waals surface area contributed by atoms with Crippen molar-refractivity contribution in [1.82, 2.24) is 25.1 Å². The van der Waals surface area contributed by atoms with Gasteiger partial charge in [-0.05, 0) is 30.3 Å². The first-order valence-electron chi connectivity index (χ1n) is 9.46. The van der Waals surface area contributed by atoms with Crippen molar-refractivity contribution in [3.63, 3.8) is 0 Å². The molecule has 29 heavy (non-hydrogen) atoms. The van der Waals surface area contributed by atoms with E-state index >= 15 is 0 Å². The molecule has 1 fully saturated rings. The van der Waals surface area contributed by atoms with Crippen molar-refractivity contribution in [3.8, 4) is 11.4 Å². The highest BCUT2D eigenvalue weighted by atomic mass is 16.5. The number of urea groups is 1. The van der Waals surface area contributed by atoms with Crippen LogP contribution in [0.3, 0.4) is 0 Å². The number of carbonyl (C=O) groups excluding carboxylic acids is 1. The van der Waals surface area contributed by atoms with Crippen LogP contribution in [0.15, 0.2) is 48.9 Å². The Morgan fingerprint density at radius 2 is 1.97 bits per heavy atom. The van der Waals surface area contributed by atoms with Gasteiger partial charge in [0.1, 0.15) is 12.1 Å². The van der Waals surface area contributed by atoms with Crippen molar-refractivity contribution in [1.29, 1.82) is 0 Å². The summed E-state index contributed by atoms with van der Waals surface area (Å²) < 4.78 is 7.25. The Bertz CT molecular complexity index is 965. The summed E-state index contributed by atoms with van der Waals surface area (Å²) in [6.45, 7) is 3.37. The van der Waals surface area contributed by atoms with Crippen LogP contribution in [0.25, 0.3) is 11.4 Å². The zero-order valence-electron chi connectivity index (χ0n) is 16.2. The van der Waals surface area contributed by atoms with Crippen molar-refractivity contribution in [2.75, 3.05) is 36.5 Å². The summed E-state index contributed by atoms with van der Waals surface area (Å²) >= 11 is 0. The number of aryl methyl sites for hydroxylation is 1. The molecule has 0 bridgehead atoms. The summed E-state index contributed by atoms with van der Waals surface area (Å²) in [6.07, 6.45) is 3.42. The van der Waals surface area contributed by atoms with Crippen molar-refractivity contribution in [3.05, 3.63) is 54.5 Å². The van der Waals surface area contributed by atoms with Gasteiger partial charge >= 0.3 is 6.03 Å². The van der Waals surface area contributed by atoms with E-state index in [0.717, 1.165) is 35.9 Å². The van der Waals surface area contributed by atoms with Crippen molar-refractivity contribution < 1.29 is 9.53 Å². The van der Waals surface area contributed by atoms with Gasteiger partial charge in [0, 0.05) is 49.7 Å². The summed E-state index contributed by atoms with van der Waals surface area (Å²) in [6, 6.07) is 11.1. The summed E-state index contributed by atoms with van der Waals surface area (Å²) in [7, 11) is 1.89. The highest BCUT2D eigenvalue weighted by Gasteiger charge is 2.16. The Kier molecular flexibility index (Phi) is 5.66. The van der Waals surface area contributed by atoms with Gasteiger partial charge in [0.25, 0.3) is 0 Å². The second kappa shape index (κ2) is 8.70. The fraction of sp³-hybridized carbons (Fsp3) is 0.300. The first kappa shape index (κ1) is 18.9. The van der Waals surface area contributed by atoms with Crippen LogP contribution >= 0.6 is 0 Å². The largest absolute Gasteiger partial charge is 0.378 e. The van der Waals surface area contributed by atoms with E-state index in [-0.39, 0.29) is 6.03 Å². The van der Waals surface area contributed by atoms with Crippen molar-refractivity contribution in [2.45, 2.75) is 6.54 Å². The van der Waals surface area contributed by atoms with E-state index in [1.54, 1.807) is 12.5 Å². The number of rotatable bonds is 5. The number of ether oxygens (including phenoxy) is 1. The van der Waals surface area contributed by atoms with E-state index in [1.807, 2.05) is 48.0 Å². The Morgan fingerprint density at radius 1 is 1.17 bits per heavy atom. The maximum Gasteiger partial charge on any atom is 0.319 e. The average Bonchev–Trinajstić information content (AvgIpc) is 3.19. The fourth-order valence-electron chi connectivity index (χ4n) is 3.23. The van der Waals surface area contributed by atoms with Crippen LogP contribution in [-0.2, 0) is 18.3 Å². The minimum atomic E-state index is -0.270. The summed E-state index contributed by atoms with van der Waals surface area (Å²) in [5, 5.41) is 13.7. The molecule has 0 aliphatic carbocycles. The number of benzene rings is 1. The van der Waals surface area contributed by atoms with Crippen LogP contribution in [0.4, 0.5) is 16.3 Å². The Morgan fingerprint density at radius 3 is 2.69 bits per heavy atom. The van der Waals surface area contributed by atoms with Crippen LogP contribution in [-0.4, -0.2) is 52.1 Å². The normalized spacial score (nSPS) is 13.9. The van der Waals surface area contributed by atoms with Gasteiger partial charge in [-0.2, -0.15) is 0 Å². The van der Waals surface area contributed by atoms with Gasteiger partial charge in [0.15, 0.2) is 5.82 Å². The maximum absolute atomic E-state index is 12.3. The molecule has 1 aromatic carbocycles. The number of pyridine rings is 1. The lowest BCUT2D eigenvalue weighted by Gasteiger charge is -2.29. The number of nitrogens with zero attached hydrogens (tertiary/aromatic N) is 5. The number of anilines is 2. The number of hydrogen-bond donors (Lipinski definition) is 2. The van der Waals surface area contributed by atoms with Crippen molar-refractivity contribution >= 4 is 17.5 Å². The zero-order valence-corrected chi connectivity index (χ0v) is 16.2. The number of carbonyl (C=O) groups is 1. The van der Waals surface area contributed by atoms with Crippen LogP contribution in [0.1, 0.15) is 5.56 Å². The monoisotopic (exact) mass is 393 g/mol. The van der Waals surface area contributed by atoms with E-state index in [4.69, 9.17) is 4.74 Å².